The quantitative estimate of drug-likeness (QED) is 0.118. The molecule has 4 unspecified atom stereocenters. The molecule has 18 heteroatoms. The van der Waals surface area contributed by atoms with Gasteiger partial charge in [0.25, 0.3) is 5.91 Å². The summed E-state index contributed by atoms with van der Waals surface area (Å²) in [6.07, 6.45) is -7.90. The molecule has 0 saturated heterocycles. The molecular weight excluding hydrogens is 589 g/mol. The number of nitrogens with two attached hydrogens (primary N) is 1. The number of hydrogen-bond donors (Lipinski definition) is 6. The molecule has 0 aromatic heterocycles. The van der Waals surface area contributed by atoms with Crippen LogP contribution in [0.25, 0.3) is 0 Å². The normalized spacial score (nSPS) is 20.2. The third-order valence-corrected chi connectivity index (χ3v) is 5.65. The molecule has 0 radical (unpaired) electrons. The van der Waals surface area contributed by atoms with E-state index in [9.17, 15) is 37.1 Å². The molecule has 2 amide bonds. The zero-order valence-electron chi connectivity index (χ0n) is 23.1. The van der Waals surface area contributed by atoms with Crippen LogP contribution in [-0.2, 0) is 38.2 Å². The average Bonchev–Trinajstić information content (AvgIpc) is 2.88. The van der Waals surface area contributed by atoms with Gasteiger partial charge in [-0.05, 0) is 25.8 Å². The fourth-order valence-corrected chi connectivity index (χ4v) is 3.86. The van der Waals surface area contributed by atoms with Crippen LogP contribution in [0.4, 0.5) is 13.2 Å². The van der Waals surface area contributed by atoms with Crippen LogP contribution in [0.5, 0.6) is 0 Å². The second-order valence-electron chi connectivity index (χ2n) is 9.04. The number of carboxylic acids is 2. The zero-order valence-corrected chi connectivity index (χ0v) is 23.1. The number of aliphatic carboxylic acids is 2. The molecule has 238 valence electrons. The predicted octanol–water partition coefficient (Wildman–Crippen LogP) is 0.334. The minimum atomic E-state index is -5.08. The van der Waals surface area contributed by atoms with Gasteiger partial charge in [0.2, 0.25) is 5.91 Å². The van der Waals surface area contributed by atoms with Crippen molar-refractivity contribution in [1.29, 1.82) is 5.41 Å². The number of alkyl halides is 3. The third-order valence-electron chi connectivity index (χ3n) is 5.65. The molecule has 1 aromatic rings. The van der Waals surface area contributed by atoms with Crippen LogP contribution >= 0.6 is 0 Å². The van der Waals surface area contributed by atoms with Gasteiger partial charge in [-0.1, -0.05) is 18.2 Å². The monoisotopic (exact) mass is 620 g/mol. The van der Waals surface area contributed by atoms with Crippen molar-refractivity contribution in [2.24, 2.45) is 5.73 Å². The van der Waals surface area contributed by atoms with E-state index in [1.165, 1.54) is 19.1 Å². The summed E-state index contributed by atoms with van der Waals surface area (Å²) in [5.41, 5.74) is 5.85. The maximum atomic E-state index is 12.9. The van der Waals surface area contributed by atoms with Crippen molar-refractivity contribution in [3.05, 3.63) is 35.4 Å². The molecule has 0 heterocycles. The molecule has 0 spiro atoms. The highest BCUT2D eigenvalue weighted by Crippen LogP contribution is 2.28. The van der Waals surface area contributed by atoms with Gasteiger partial charge in [0.05, 0.1) is 17.7 Å². The highest BCUT2D eigenvalue weighted by atomic mass is 19.4. The van der Waals surface area contributed by atoms with Crippen molar-refractivity contribution in [1.82, 2.24) is 10.6 Å². The molecule has 1 aliphatic rings. The Hall–Kier alpha value is -4.74. The number of nitrogens with one attached hydrogen (secondary N) is 3. The summed E-state index contributed by atoms with van der Waals surface area (Å²) < 4.78 is 47.7. The van der Waals surface area contributed by atoms with Gasteiger partial charge in [-0.25, -0.2) is 9.59 Å². The zero-order chi connectivity index (χ0) is 33.1. The maximum absolute atomic E-state index is 12.9. The van der Waals surface area contributed by atoms with Crippen molar-refractivity contribution in [3.63, 3.8) is 0 Å². The lowest BCUT2D eigenvalue weighted by atomic mass is 9.86. The Kier molecular flexibility index (Phi) is 13.5. The van der Waals surface area contributed by atoms with Gasteiger partial charge in [0, 0.05) is 19.4 Å². The van der Waals surface area contributed by atoms with Crippen LogP contribution in [0, 0.1) is 5.41 Å². The molecule has 15 nitrogen and oxygen atoms in total. The topological polar surface area (TPSA) is 244 Å². The molecular formula is C25H31F3N4O11. The number of nitrogen functional groups attached to an aromatic ring is 1. The van der Waals surface area contributed by atoms with E-state index < -0.39 is 78.9 Å². The minimum Gasteiger partial charge on any atom is -0.480 e. The Balaban J connectivity index is 0.00000117. The summed E-state index contributed by atoms with van der Waals surface area (Å²) in [4.78, 5) is 68.9. The highest BCUT2D eigenvalue weighted by Gasteiger charge is 2.45. The number of benzene rings is 1. The van der Waals surface area contributed by atoms with E-state index in [2.05, 4.69) is 10.6 Å². The first kappa shape index (κ1) is 36.3. The standard InChI is InChI=1S/C23H30N4O9.C2HF3O2/c1-11(26-23(33)15-7-5-4-6-14(15)21(24)25)22(32)27-16-8-9-17(34-10-18(30)31)20(36-13(3)29)19(16)35-12(2)28;3-2(4,5)1(6)7/h4-7,11,16-17,19-20H,8-10H2,1-3H3,(H3,24,25)(H,26,33)(H,27,32)(H,30,31);(H,6,7)/t11-,16?,17?,19?,20?;/m0./s1. The molecule has 1 fully saturated rings. The Morgan fingerprint density at radius 2 is 1.51 bits per heavy atom. The maximum Gasteiger partial charge on any atom is 0.490 e. The highest BCUT2D eigenvalue weighted by molar-refractivity contribution is 6.08. The summed E-state index contributed by atoms with van der Waals surface area (Å²) in [7, 11) is 0. The van der Waals surface area contributed by atoms with Gasteiger partial charge in [0.1, 0.15) is 18.5 Å². The van der Waals surface area contributed by atoms with Crippen molar-refractivity contribution >= 4 is 41.5 Å². The molecule has 0 aliphatic heterocycles. The Bertz CT molecular complexity index is 1230. The van der Waals surface area contributed by atoms with E-state index in [-0.39, 0.29) is 29.8 Å². The third kappa shape index (κ3) is 12.0. The summed E-state index contributed by atoms with van der Waals surface area (Å²) in [6, 6.07) is 4.33. The first-order valence-corrected chi connectivity index (χ1v) is 12.4. The van der Waals surface area contributed by atoms with Crippen LogP contribution in [0.1, 0.15) is 49.5 Å². The van der Waals surface area contributed by atoms with E-state index in [0.717, 1.165) is 13.8 Å². The summed E-state index contributed by atoms with van der Waals surface area (Å²) in [5.74, 6) is -6.95. The van der Waals surface area contributed by atoms with Crippen LogP contribution in [0.2, 0.25) is 0 Å². The van der Waals surface area contributed by atoms with Crippen LogP contribution in [0.3, 0.4) is 0 Å². The van der Waals surface area contributed by atoms with E-state index in [1.54, 1.807) is 12.1 Å². The van der Waals surface area contributed by atoms with Crippen molar-refractivity contribution in [3.8, 4) is 0 Å². The summed E-state index contributed by atoms with van der Waals surface area (Å²) in [6.45, 7) is 3.06. The van der Waals surface area contributed by atoms with E-state index in [1.807, 2.05) is 0 Å². The van der Waals surface area contributed by atoms with Gasteiger partial charge < -0.3 is 40.8 Å². The number of carbonyl (C=O) groups is 6. The smallest absolute Gasteiger partial charge is 0.480 e. The molecule has 7 N–H and O–H groups in total. The lowest BCUT2D eigenvalue weighted by molar-refractivity contribution is -0.192. The molecule has 1 aliphatic carbocycles. The van der Waals surface area contributed by atoms with Gasteiger partial charge in [-0.2, -0.15) is 13.2 Å². The number of halogens is 3. The number of carboxylic acid groups (broad SMARTS) is 2. The lowest BCUT2D eigenvalue weighted by Crippen LogP contribution is -2.61. The van der Waals surface area contributed by atoms with Gasteiger partial charge in [0.15, 0.2) is 12.2 Å². The number of ether oxygens (including phenoxy) is 3. The van der Waals surface area contributed by atoms with Gasteiger partial charge in [-0.3, -0.25) is 24.6 Å². The molecule has 1 saturated carbocycles. The lowest BCUT2D eigenvalue weighted by Gasteiger charge is -2.41. The fourth-order valence-electron chi connectivity index (χ4n) is 3.86. The van der Waals surface area contributed by atoms with E-state index >= 15 is 0 Å². The predicted molar refractivity (Wildman–Crippen MR) is 138 cm³/mol. The fraction of sp³-hybridized carbons (Fsp3) is 0.480. The van der Waals surface area contributed by atoms with E-state index in [4.69, 9.17) is 40.4 Å². The van der Waals surface area contributed by atoms with Crippen molar-refractivity contribution < 1.29 is 66.4 Å². The molecule has 5 atom stereocenters. The number of esters is 2. The molecule has 1 aromatic carbocycles. The van der Waals surface area contributed by atoms with Crippen LogP contribution in [-0.4, -0.2) is 94.9 Å². The Labute approximate surface area is 242 Å². The first-order chi connectivity index (χ1) is 19.8. The van der Waals surface area contributed by atoms with Crippen molar-refractivity contribution in [2.75, 3.05) is 6.61 Å². The second kappa shape index (κ2) is 16.0. The molecule has 0 bridgehead atoms. The number of amidine groups is 1. The summed E-state index contributed by atoms with van der Waals surface area (Å²) >= 11 is 0. The average molecular weight is 621 g/mol. The minimum absolute atomic E-state index is 0.119. The summed E-state index contributed by atoms with van der Waals surface area (Å²) in [5, 5.41) is 28.9. The number of amides is 2. The Morgan fingerprint density at radius 1 is 1.00 bits per heavy atom. The van der Waals surface area contributed by atoms with Crippen LogP contribution < -0.4 is 16.4 Å². The van der Waals surface area contributed by atoms with Crippen molar-refractivity contribution in [2.45, 2.75) is 70.2 Å². The number of carbonyl (C=O) groups excluding carboxylic acids is 4. The van der Waals surface area contributed by atoms with Gasteiger partial charge in [-0.15, -0.1) is 0 Å². The van der Waals surface area contributed by atoms with Crippen LogP contribution in [0.15, 0.2) is 24.3 Å². The molecule has 2 rings (SSSR count). The SMILES string of the molecule is CC(=O)OC1C(NC(=O)[C@H](C)NC(=O)c2ccccc2C(=N)N)CCC(OCC(=O)O)C1OC(C)=O.O=C(O)C(F)(F)F. The second-order valence-corrected chi connectivity index (χ2v) is 9.04. The number of rotatable bonds is 10. The Morgan fingerprint density at radius 3 is 1.98 bits per heavy atom. The number of hydrogen-bond acceptors (Lipinski definition) is 10. The largest absolute Gasteiger partial charge is 0.490 e. The first-order valence-electron chi connectivity index (χ1n) is 12.4. The van der Waals surface area contributed by atoms with E-state index in [0.29, 0.717) is 0 Å². The van der Waals surface area contributed by atoms with Gasteiger partial charge >= 0.3 is 30.1 Å². The molecule has 43 heavy (non-hydrogen) atoms.